The lowest BCUT2D eigenvalue weighted by Gasteiger charge is -2.41. The molecule has 0 spiro atoms. The predicted molar refractivity (Wildman–Crippen MR) is 148 cm³/mol. The molecule has 35 heavy (non-hydrogen) atoms. The molecule has 0 aliphatic heterocycles. The molecular formula is C27H58N2O5Si. The Morgan fingerprint density at radius 1 is 0.914 bits per heavy atom. The number of nitrogens with zero attached hydrogens (tertiary/aromatic N) is 2. The molecule has 1 amide bonds. The molecule has 7 nitrogen and oxygen atoms in total. The van der Waals surface area contributed by atoms with Gasteiger partial charge in [0.1, 0.15) is 5.60 Å². The fraction of sp³-hybridized carbons (Fsp3) is 0.963. The van der Waals surface area contributed by atoms with E-state index in [9.17, 15) is 9.90 Å². The topological polar surface area (TPSA) is 71.5 Å². The van der Waals surface area contributed by atoms with Crippen molar-refractivity contribution in [2.24, 2.45) is 0 Å². The first-order valence-corrected chi connectivity index (χ1v) is 16.4. The monoisotopic (exact) mass is 518 g/mol. The Balaban J connectivity index is 5.70. The van der Waals surface area contributed by atoms with Crippen LogP contribution in [0.15, 0.2) is 0 Å². The highest BCUT2D eigenvalue weighted by Crippen LogP contribution is 2.37. The van der Waals surface area contributed by atoms with Crippen molar-refractivity contribution in [3.63, 3.8) is 0 Å². The minimum atomic E-state index is -2.09. The van der Waals surface area contributed by atoms with Crippen molar-refractivity contribution in [1.82, 2.24) is 9.80 Å². The summed E-state index contributed by atoms with van der Waals surface area (Å²) in [6.45, 7) is 29.1. The van der Waals surface area contributed by atoms with E-state index in [0.717, 1.165) is 25.8 Å². The molecule has 0 saturated heterocycles. The number of likely N-dealkylation sites (N-methyl/N-ethyl adjacent to an activating group) is 1. The second-order valence-corrected chi connectivity index (χ2v) is 17.9. The van der Waals surface area contributed by atoms with E-state index >= 15 is 0 Å². The third-order valence-electron chi connectivity index (χ3n) is 6.28. The van der Waals surface area contributed by atoms with Crippen LogP contribution in [0.5, 0.6) is 0 Å². The summed E-state index contributed by atoms with van der Waals surface area (Å²) < 4.78 is 18.3. The number of aliphatic hydroxyl groups excluding tert-OH is 1. The second-order valence-electron chi connectivity index (χ2n) is 13.1. The van der Waals surface area contributed by atoms with Crippen LogP contribution in [0.2, 0.25) is 18.1 Å². The minimum Gasteiger partial charge on any atom is -0.444 e. The molecule has 0 aliphatic carbocycles. The number of hydrogen-bond donors (Lipinski definition) is 1. The van der Waals surface area contributed by atoms with E-state index in [-0.39, 0.29) is 17.2 Å². The smallest absolute Gasteiger partial charge is 0.410 e. The molecule has 2 atom stereocenters. The summed E-state index contributed by atoms with van der Waals surface area (Å²) in [6.07, 6.45) is 2.43. The van der Waals surface area contributed by atoms with E-state index in [1.165, 1.54) is 0 Å². The number of hydrogen-bond acceptors (Lipinski definition) is 6. The van der Waals surface area contributed by atoms with Crippen LogP contribution in [0, 0.1) is 0 Å². The predicted octanol–water partition coefficient (Wildman–Crippen LogP) is 6.61. The Labute approximate surface area is 218 Å². The Bertz CT molecular complexity index is 608. The zero-order chi connectivity index (χ0) is 27.7. The molecule has 0 radical (unpaired) electrons. The summed E-state index contributed by atoms with van der Waals surface area (Å²) in [7, 11) is -2.09. The number of carbonyl (C=O) groups is 1. The van der Waals surface area contributed by atoms with Gasteiger partial charge in [-0.15, -0.1) is 0 Å². The molecule has 0 aromatic rings. The number of rotatable bonds is 14. The maximum absolute atomic E-state index is 12.9. The largest absolute Gasteiger partial charge is 0.444 e. The summed E-state index contributed by atoms with van der Waals surface area (Å²) in [5, 5.41) is 10.9. The lowest BCUT2D eigenvalue weighted by atomic mass is 10.2. The highest BCUT2D eigenvalue weighted by molar-refractivity contribution is 6.74. The molecule has 2 unspecified atom stereocenters. The minimum absolute atomic E-state index is 0.0455. The van der Waals surface area contributed by atoms with Crippen LogP contribution in [0.1, 0.15) is 102 Å². The molecule has 0 aliphatic rings. The van der Waals surface area contributed by atoms with E-state index in [1.807, 2.05) is 53.4 Å². The standard InChI is InChI=1S/C27H58N2O5Si/c1-14-16-17-19-29(24(31)33-26(6,7)8)20-18-22(34-35(12,13)27(9,10)11)21-28(15-2)23(30)32-25(3,4)5/h22,24,31H,14-21H2,1-13H3. The first-order valence-electron chi connectivity index (χ1n) is 13.5. The maximum Gasteiger partial charge on any atom is 0.410 e. The number of ether oxygens (including phenoxy) is 2. The van der Waals surface area contributed by atoms with Gasteiger partial charge in [-0.2, -0.15) is 0 Å². The maximum atomic E-state index is 12.9. The molecule has 210 valence electrons. The van der Waals surface area contributed by atoms with Crippen LogP contribution >= 0.6 is 0 Å². The molecule has 0 aromatic carbocycles. The third kappa shape index (κ3) is 14.6. The molecule has 0 aromatic heterocycles. The average molecular weight is 519 g/mol. The van der Waals surface area contributed by atoms with Crippen molar-refractivity contribution >= 4 is 14.4 Å². The normalized spacial score (nSPS) is 15.3. The number of unbranched alkanes of at least 4 members (excludes halogenated alkanes) is 2. The van der Waals surface area contributed by atoms with Gasteiger partial charge in [-0.1, -0.05) is 40.5 Å². The van der Waals surface area contributed by atoms with Gasteiger partial charge >= 0.3 is 6.09 Å². The number of amides is 1. The van der Waals surface area contributed by atoms with Crippen molar-refractivity contribution in [3.05, 3.63) is 0 Å². The van der Waals surface area contributed by atoms with E-state index in [1.54, 1.807) is 4.90 Å². The number of carbonyl (C=O) groups excluding carboxylic acids is 1. The molecular weight excluding hydrogens is 460 g/mol. The van der Waals surface area contributed by atoms with Crippen LogP contribution in [0.4, 0.5) is 4.79 Å². The summed E-state index contributed by atoms with van der Waals surface area (Å²) in [6, 6.07) is 0. The third-order valence-corrected chi connectivity index (χ3v) is 10.8. The summed E-state index contributed by atoms with van der Waals surface area (Å²) in [5.74, 6) is 0. The van der Waals surface area contributed by atoms with Crippen LogP contribution in [-0.4, -0.2) is 79.2 Å². The van der Waals surface area contributed by atoms with Crippen LogP contribution in [-0.2, 0) is 13.9 Å². The van der Waals surface area contributed by atoms with Crippen molar-refractivity contribution in [3.8, 4) is 0 Å². The summed E-state index contributed by atoms with van der Waals surface area (Å²) >= 11 is 0. The molecule has 0 saturated carbocycles. The van der Waals surface area contributed by atoms with Crippen LogP contribution in [0.25, 0.3) is 0 Å². The Kier molecular flexibility index (Phi) is 14.0. The van der Waals surface area contributed by atoms with Gasteiger partial charge in [-0.05, 0) is 79.4 Å². The Morgan fingerprint density at radius 2 is 1.49 bits per heavy atom. The molecule has 0 heterocycles. The van der Waals surface area contributed by atoms with Crippen molar-refractivity contribution in [2.45, 2.75) is 144 Å². The van der Waals surface area contributed by atoms with Crippen molar-refractivity contribution in [2.75, 3.05) is 26.2 Å². The summed E-state index contributed by atoms with van der Waals surface area (Å²) in [4.78, 5) is 16.6. The van der Waals surface area contributed by atoms with Crippen LogP contribution < -0.4 is 0 Å². The number of aliphatic hydroxyl groups is 1. The quantitative estimate of drug-likeness (QED) is 0.158. The highest BCUT2D eigenvalue weighted by Gasteiger charge is 2.40. The van der Waals surface area contributed by atoms with Gasteiger partial charge in [0.2, 0.25) is 6.41 Å². The van der Waals surface area contributed by atoms with E-state index in [2.05, 4.69) is 40.8 Å². The van der Waals surface area contributed by atoms with Gasteiger partial charge in [0.15, 0.2) is 8.32 Å². The lowest BCUT2D eigenvalue weighted by molar-refractivity contribution is -0.239. The van der Waals surface area contributed by atoms with Gasteiger partial charge in [0, 0.05) is 26.2 Å². The van der Waals surface area contributed by atoms with E-state index in [4.69, 9.17) is 13.9 Å². The van der Waals surface area contributed by atoms with Gasteiger partial charge in [-0.3, -0.25) is 4.90 Å². The Morgan fingerprint density at radius 3 is 1.91 bits per heavy atom. The molecule has 0 fully saturated rings. The lowest BCUT2D eigenvalue weighted by Crippen LogP contribution is -2.50. The van der Waals surface area contributed by atoms with Gasteiger partial charge in [0.25, 0.3) is 0 Å². The van der Waals surface area contributed by atoms with E-state index in [0.29, 0.717) is 26.1 Å². The van der Waals surface area contributed by atoms with Crippen molar-refractivity contribution < 1.29 is 23.8 Å². The first-order chi connectivity index (χ1) is 15.7. The van der Waals surface area contributed by atoms with E-state index < -0.39 is 25.9 Å². The zero-order valence-corrected chi connectivity index (χ0v) is 26.3. The first kappa shape index (κ1) is 34.3. The SMILES string of the molecule is CCCCCN(CCC(CN(CC)C(=O)OC(C)(C)C)O[Si](C)(C)C(C)(C)C)C(O)OC(C)(C)C. The Hall–Kier alpha value is -0.673. The molecule has 0 bridgehead atoms. The van der Waals surface area contributed by atoms with Gasteiger partial charge in [0.05, 0.1) is 11.7 Å². The zero-order valence-electron chi connectivity index (χ0n) is 25.3. The molecule has 0 rings (SSSR count). The fourth-order valence-corrected chi connectivity index (χ4v) is 4.66. The average Bonchev–Trinajstić information content (AvgIpc) is 2.64. The highest BCUT2D eigenvalue weighted by atomic mass is 28.4. The van der Waals surface area contributed by atoms with Gasteiger partial charge in [-0.25, -0.2) is 4.79 Å². The van der Waals surface area contributed by atoms with Crippen LogP contribution in [0.3, 0.4) is 0 Å². The fourth-order valence-electron chi connectivity index (χ4n) is 3.28. The summed E-state index contributed by atoms with van der Waals surface area (Å²) in [5.41, 5.74) is -1.00. The van der Waals surface area contributed by atoms with Crippen molar-refractivity contribution in [1.29, 1.82) is 0 Å². The molecule has 1 N–H and O–H groups in total. The molecule has 8 heteroatoms. The second kappa shape index (κ2) is 14.3. The van der Waals surface area contributed by atoms with Gasteiger partial charge < -0.3 is 23.9 Å².